The molecule has 0 aliphatic heterocycles. The molecule has 0 bridgehead atoms. The molecule has 1 aromatic rings. The Labute approximate surface area is 109 Å². The largest absolute Gasteiger partial charge is 0.314 e. The molecule has 1 saturated carbocycles. The van der Waals surface area contributed by atoms with Gasteiger partial charge in [0.1, 0.15) is 0 Å². The Kier molecular flexibility index (Phi) is 5.00. The third-order valence-electron chi connectivity index (χ3n) is 3.94. The second-order valence-corrected chi connectivity index (χ2v) is 5.50. The number of nitrogens with zero attached hydrogens (tertiary/aromatic N) is 1. The number of rotatable bonds is 4. The molecular weight excluding hydrogens is 224 g/mol. The molecular formula is C15H24N2O. The summed E-state index contributed by atoms with van der Waals surface area (Å²) in [4.78, 5) is 11.5. The Morgan fingerprint density at radius 3 is 3.00 bits per heavy atom. The van der Waals surface area contributed by atoms with E-state index in [4.69, 9.17) is 0 Å². The van der Waals surface area contributed by atoms with Gasteiger partial charge in [-0.3, -0.25) is 4.79 Å². The lowest BCUT2D eigenvalue weighted by atomic mass is 10.0. The molecule has 3 nitrogen and oxygen atoms in total. The lowest BCUT2D eigenvalue weighted by Crippen LogP contribution is -2.33. The maximum atomic E-state index is 11.5. The van der Waals surface area contributed by atoms with Crippen molar-refractivity contribution in [2.45, 2.75) is 51.6 Å². The maximum Gasteiger partial charge on any atom is 0.250 e. The van der Waals surface area contributed by atoms with Gasteiger partial charge in [-0.25, -0.2) is 0 Å². The third kappa shape index (κ3) is 3.98. The zero-order chi connectivity index (χ0) is 12.8. The lowest BCUT2D eigenvalue weighted by molar-refractivity contribution is 0.434. The van der Waals surface area contributed by atoms with E-state index in [1.165, 1.54) is 32.1 Å². The van der Waals surface area contributed by atoms with E-state index in [1.807, 2.05) is 12.3 Å². The van der Waals surface area contributed by atoms with Crippen molar-refractivity contribution in [1.82, 2.24) is 9.88 Å². The van der Waals surface area contributed by atoms with Crippen molar-refractivity contribution < 1.29 is 0 Å². The fourth-order valence-electron chi connectivity index (χ4n) is 2.73. The molecule has 1 aromatic heterocycles. The molecule has 3 heteroatoms. The van der Waals surface area contributed by atoms with Crippen LogP contribution in [-0.4, -0.2) is 17.2 Å². The first kappa shape index (κ1) is 13.3. The van der Waals surface area contributed by atoms with Crippen LogP contribution >= 0.6 is 0 Å². The number of aromatic nitrogens is 1. The first-order valence-electron chi connectivity index (χ1n) is 7.14. The van der Waals surface area contributed by atoms with Crippen LogP contribution in [0.25, 0.3) is 0 Å². The van der Waals surface area contributed by atoms with Crippen molar-refractivity contribution >= 4 is 0 Å². The fraction of sp³-hybridized carbons (Fsp3) is 0.667. The predicted molar refractivity (Wildman–Crippen MR) is 74.7 cm³/mol. The molecule has 0 saturated heterocycles. The van der Waals surface area contributed by atoms with Gasteiger partial charge in [0, 0.05) is 31.4 Å². The van der Waals surface area contributed by atoms with E-state index >= 15 is 0 Å². The van der Waals surface area contributed by atoms with Crippen LogP contribution in [0.3, 0.4) is 0 Å². The molecule has 0 amide bonds. The molecule has 1 aliphatic rings. The highest BCUT2D eigenvalue weighted by Crippen LogP contribution is 2.22. The molecule has 100 valence electrons. The van der Waals surface area contributed by atoms with Gasteiger partial charge in [0.25, 0.3) is 5.56 Å². The number of pyridine rings is 1. The third-order valence-corrected chi connectivity index (χ3v) is 3.94. The van der Waals surface area contributed by atoms with E-state index < -0.39 is 0 Å². The smallest absolute Gasteiger partial charge is 0.250 e. The maximum absolute atomic E-state index is 11.5. The molecule has 2 rings (SSSR count). The highest BCUT2D eigenvalue weighted by molar-refractivity contribution is 4.93. The summed E-state index contributed by atoms with van der Waals surface area (Å²) >= 11 is 0. The molecule has 0 aromatic carbocycles. The summed E-state index contributed by atoms with van der Waals surface area (Å²) in [6.07, 6.45) is 8.47. The first-order valence-corrected chi connectivity index (χ1v) is 7.14. The van der Waals surface area contributed by atoms with Crippen LogP contribution in [0.4, 0.5) is 0 Å². The molecule has 1 N–H and O–H groups in total. The second-order valence-electron chi connectivity index (χ2n) is 5.50. The quantitative estimate of drug-likeness (QED) is 0.830. The van der Waals surface area contributed by atoms with Crippen LogP contribution in [0.2, 0.25) is 0 Å². The summed E-state index contributed by atoms with van der Waals surface area (Å²) in [5, 5.41) is 3.60. The predicted octanol–water partition coefficient (Wildman–Crippen LogP) is 2.41. The van der Waals surface area contributed by atoms with E-state index in [9.17, 15) is 4.79 Å². The SMILES string of the molecule is CC1CCCC(NCCn2ccccc2=O)CC1. The molecule has 0 radical (unpaired) electrons. The van der Waals surface area contributed by atoms with Crippen molar-refractivity contribution in [3.63, 3.8) is 0 Å². The molecule has 1 aliphatic carbocycles. The van der Waals surface area contributed by atoms with Crippen LogP contribution in [0.1, 0.15) is 39.0 Å². The van der Waals surface area contributed by atoms with E-state index in [-0.39, 0.29) is 5.56 Å². The van der Waals surface area contributed by atoms with Crippen molar-refractivity contribution in [1.29, 1.82) is 0 Å². The van der Waals surface area contributed by atoms with Gasteiger partial charge in [-0.15, -0.1) is 0 Å². The summed E-state index contributed by atoms with van der Waals surface area (Å²) in [7, 11) is 0. The van der Waals surface area contributed by atoms with Gasteiger partial charge in [0.05, 0.1) is 0 Å². The van der Waals surface area contributed by atoms with Gasteiger partial charge in [0.2, 0.25) is 0 Å². The van der Waals surface area contributed by atoms with E-state index in [0.29, 0.717) is 6.04 Å². The average molecular weight is 248 g/mol. The zero-order valence-electron chi connectivity index (χ0n) is 11.3. The summed E-state index contributed by atoms with van der Waals surface area (Å²) in [5.41, 5.74) is 0.0915. The summed E-state index contributed by atoms with van der Waals surface area (Å²) in [6, 6.07) is 5.97. The fourth-order valence-corrected chi connectivity index (χ4v) is 2.73. The summed E-state index contributed by atoms with van der Waals surface area (Å²) in [6.45, 7) is 4.01. The second kappa shape index (κ2) is 6.74. The average Bonchev–Trinajstić information content (AvgIpc) is 2.57. The Balaban J connectivity index is 1.75. The Morgan fingerprint density at radius 1 is 1.28 bits per heavy atom. The van der Waals surface area contributed by atoms with Crippen LogP contribution in [0.15, 0.2) is 29.2 Å². The monoisotopic (exact) mass is 248 g/mol. The number of hydrogen-bond donors (Lipinski definition) is 1. The van der Waals surface area contributed by atoms with Crippen LogP contribution in [0, 0.1) is 5.92 Å². The minimum atomic E-state index is 0.0915. The number of nitrogens with one attached hydrogen (secondary N) is 1. The van der Waals surface area contributed by atoms with Gasteiger partial charge in [-0.05, 0) is 31.2 Å². The lowest BCUT2D eigenvalue weighted by Gasteiger charge is -2.16. The topological polar surface area (TPSA) is 34.0 Å². The molecule has 1 heterocycles. The standard InChI is InChI=1S/C15H24N2O/c1-13-5-4-6-14(9-8-13)16-10-12-17-11-3-2-7-15(17)18/h2-3,7,11,13-14,16H,4-6,8-10,12H2,1H3. The van der Waals surface area contributed by atoms with E-state index in [1.54, 1.807) is 16.7 Å². The van der Waals surface area contributed by atoms with Crippen LogP contribution in [0.5, 0.6) is 0 Å². The van der Waals surface area contributed by atoms with Crippen molar-refractivity contribution in [3.05, 3.63) is 34.7 Å². The van der Waals surface area contributed by atoms with Gasteiger partial charge in [-0.2, -0.15) is 0 Å². The minimum Gasteiger partial charge on any atom is -0.314 e. The normalized spacial score (nSPS) is 24.7. The van der Waals surface area contributed by atoms with Crippen molar-refractivity contribution in [2.24, 2.45) is 5.92 Å². The van der Waals surface area contributed by atoms with Gasteiger partial charge in [0.15, 0.2) is 0 Å². The molecule has 18 heavy (non-hydrogen) atoms. The highest BCUT2D eigenvalue weighted by atomic mass is 16.1. The Hall–Kier alpha value is -1.09. The first-order chi connectivity index (χ1) is 8.75. The molecule has 2 unspecified atom stereocenters. The molecule has 2 atom stereocenters. The highest BCUT2D eigenvalue weighted by Gasteiger charge is 2.15. The van der Waals surface area contributed by atoms with Crippen molar-refractivity contribution in [3.8, 4) is 0 Å². The van der Waals surface area contributed by atoms with E-state index in [2.05, 4.69) is 12.2 Å². The van der Waals surface area contributed by atoms with Crippen molar-refractivity contribution in [2.75, 3.05) is 6.54 Å². The van der Waals surface area contributed by atoms with Gasteiger partial charge < -0.3 is 9.88 Å². The van der Waals surface area contributed by atoms with E-state index in [0.717, 1.165) is 19.0 Å². The van der Waals surface area contributed by atoms with Crippen LogP contribution in [-0.2, 0) is 6.54 Å². The number of hydrogen-bond acceptors (Lipinski definition) is 2. The van der Waals surface area contributed by atoms with Gasteiger partial charge >= 0.3 is 0 Å². The summed E-state index contributed by atoms with van der Waals surface area (Å²) in [5.74, 6) is 0.883. The Morgan fingerprint density at radius 2 is 2.17 bits per heavy atom. The Bertz CT molecular complexity index is 413. The molecule has 1 fully saturated rings. The summed E-state index contributed by atoms with van der Waals surface area (Å²) < 4.78 is 1.77. The molecule has 0 spiro atoms. The van der Waals surface area contributed by atoms with Crippen LogP contribution < -0.4 is 10.9 Å². The van der Waals surface area contributed by atoms with Gasteiger partial charge in [-0.1, -0.05) is 25.8 Å². The zero-order valence-corrected chi connectivity index (χ0v) is 11.3. The minimum absolute atomic E-state index is 0.0915.